The summed E-state index contributed by atoms with van der Waals surface area (Å²) in [7, 11) is 1.58. The summed E-state index contributed by atoms with van der Waals surface area (Å²) in [4.78, 5) is 13.9. The fourth-order valence-corrected chi connectivity index (χ4v) is 2.34. The molecule has 0 bridgehead atoms. The number of halogens is 1. The van der Waals surface area contributed by atoms with Gasteiger partial charge in [0.25, 0.3) is 0 Å². The third-order valence-electron chi connectivity index (χ3n) is 3.43. The summed E-state index contributed by atoms with van der Waals surface area (Å²) < 4.78 is 0. The van der Waals surface area contributed by atoms with Crippen LogP contribution in [0.15, 0.2) is 53.7 Å². The van der Waals surface area contributed by atoms with Gasteiger partial charge in [-0.2, -0.15) is 0 Å². The quantitative estimate of drug-likeness (QED) is 0.345. The van der Waals surface area contributed by atoms with Crippen molar-refractivity contribution >= 4 is 34.6 Å². The smallest absolute Gasteiger partial charge is 0.250 e. The molecule has 0 fully saturated rings. The van der Waals surface area contributed by atoms with Crippen LogP contribution in [0.4, 0.5) is 11.4 Å². The first kappa shape index (κ1) is 16.8. The maximum atomic E-state index is 12.5. The van der Waals surface area contributed by atoms with E-state index in [1.807, 2.05) is 0 Å². The van der Waals surface area contributed by atoms with E-state index in [9.17, 15) is 10.0 Å². The van der Waals surface area contributed by atoms with Crippen LogP contribution < -0.4 is 16.4 Å². The topological polar surface area (TPSA) is 105 Å². The number of hydrogen-bond donors (Lipinski definition) is 3. The Morgan fingerprint density at radius 2 is 1.83 bits per heavy atom. The number of carbonyl (C=O) groups is 1. The molecule has 5 N–H and O–H groups in total. The molecule has 0 saturated carbocycles. The van der Waals surface area contributed by atoms with Gasteiger partial charge in [-0.3, -0.25) is 4.79 Å². The van der Waals surface area contributed by atoms with E-state index in [1.165, 1.54) is 4.90 Å². The Kier molecular flexibility index (Phi) is 5.20. The SMILES string of the molecule is CN(C(=O)C(N)/C(=N/O)c1ccccc1Cl)c1ccc(N)cc1. The van der Waals surface area contributed by atoms with Crippen molar-refractivity contribution in [2.24, 2.45) is 10.9 Å². The predicted molar refractivity (Wildman–Crippen MR) is 92.0 cm³/mol. The van der Waals surface area contributed by atoms with Gasteiger partial charge in [-0.15, -0.1) is 0 Å². The van der Waals surface area contributed by atoms with Gasteiger partial charge in [0, 0.05) is 29.0 Å². The molecule has 1 atom stereocenters. The van der Waals surface area contributed by atoms with Gasteiger partial charge >= 0.3 is 0 Å². The minimum Gasteiger partial charge on any atom is -0.411 e. The van der Waals surface area contributed by atoms with Crippen molar-refractivity contribution in [3.8, 4) is 0 Å². The Hall–Kier alpha value is -2.57. The van der Waals surface area contributed by atoms with Crippen molar-refractivity contribution in [3.05, 3.63) is 59.1 Å². The molecule has 0 aromatic heterocycles. The minimum atomic E-state index is -1.16. The molecule has 23 heavy (non-hydrogen) atoms. The van der Waals surface area contributed by atoms with Crippen LogP contribution in [-0.4, -0.2) is 29.9 Å². The van der Waals surface area contributed by atoms with Gasteiger partial charge in [-0.1, -0.05) is 35.0 Å². The number of benzene rings is 2. The van der Waals surface area contributed by atoms with Crippen molar-refractivity contribution < 1.29 is 10.0 Å². The lowest BCUT2D eigenvalue weighted by Gasteiger charge is -2.22. The average Bonchev–Trinajstić information content (AvgIpc) is 2.56. The highest BCUT2D eigenvalue weighted by atomic mass is 35.5. The molecule has 1 amide bonds. The number of hydrogen-bond acceptors (Lipinski definition) is 5. The van der Waals surface area contributed by atoms with Gasteiger partial charge in [0.2, 0.25) is 5.91 Å². The van der Waals surface area contributed by atoms with Gasteiger partial charge in [-0.25, -0.2) is 0 Å². The molecular weight excluding hydrogens is 316 g/mol. The third kappa shape index (κ3) is 3.61. The van der Waals surface area contributed by atoms with Crippen LogP contribution in [0.3, 0.4) is 0 Å². The number of rotatable bonds is 4. The number of amides is 1. The molecule has 1 unspecified atom stereocenters. The highest BCUT2D eigenvalue weighted by Crippen LogP contribution is 2.20. The van der Waals surface area contributed by atoms with Crippen molar-refractivity contribution in [2.45, 2.75) is 6.04 Å². The maximum absolute atomic E-state index is 12.5. The van der Waals surface area contributed by atoms with E-state index in [1.54, 1.807) is 55.6 Å². The molecule has 0 heterocycles. The molecule has 2 rings (SSSR count). The van der Waals surface area contributed by atoms with Crippen molar-refractivity contribution in [3.63, 3.8) is 0 Å². The van der Waals surface area contributed by atoms with Crippen LogP contribution in [0.1, 0.15) is 5.56 Å². The Labute approximate surface area is 138 Å². The first-order valence-electron chi connectivity index (χ1n) is 6.81. The summed E-state index contributed by atoms with van der Waals surface area (Å²) in [5.74, 6) is -0.442. The van der Waals surface area contributed by atoms with Crippen LogP contribution in [0.2, 0.25) is 5.02 Å². The monoisotopic (exact) mass is 332 g/mol. The molecular formula is C16H17ClN4O2. The van der Waals surface area contributed by atoms with Gasteiger partial charge in [-0.05, 0) is 30.3 Å². The zero-order valence-electron chi connectivity index (χ0n) is 12.5. The van der Waals surface area contributed by atoms with E-state index >= 15 is 0 Å². The summed E-state index contributed by atoms with van der Waals surface area (Å²) in [5, 5.41) is 12.8. The van der Waals surface area contributed by atoms with Crippen LogP contribution >= 0.6 is 11.6 Å². The predicted octanol–water partition coefficient (Wildman–Crippen LogP) is 2.09. The van der Waals surface area contributed by atoms with Crippen molar-refractivity contribution in [1.82, 2.24) is 0 Å². The van der Waals surface area contributed by atoms with Crippen molar-refractivity contribution in [2.75, 3.05) is 17.7 Å². The van der Waals surface area contributed by atoms with Crippen LogP contribution in [0.25, 0.3) is 0 Å². The highest BCUT2D eigenvalue weighted by molar-refractivity contribution is 6.35. The summed E-state index contributed by atoms with van der Waals surface area (Å²) in [6.07, 6.45) is 0. The second-order valence-electron chi connectivity index (χ2n) is 4.93. The van der Waals surface area contributed by atoms with Crippen LogP contribution in [0, 0.1) is 0 Å². The van der Waals surface area contributed by atoms with E-state index in [-0.39, 0.29) is 5.71 Å². The molecule has 0 spiro atoms. The second-order valence-corrected chi connectivity index (χ2v) is 5.34. The van der Waals surface area contributed by atoms with Crippen molar-refractivity contribution in [1.29, 1.82) is 0 Å². The van der Waals surface area contributed by atoms with E-state index in [0.717, 1.165) is 0 Å². The second kappa shape index (κ2) is 7.13. The number of nitrogens with two attached hydrogens (primary N) is 2. The van der Waals surface area contributed by atoms with E-state index in [0.29, 0.717) is 22.0 Å². The zero-order chi connectivity index (χ0) is 17.0. The van der Waals surface area contributed by atoms with E-state index in [2.05, 4.69) is 5.16 Å². The Morgan fingerprint density at radius 1 is 1.22 bits per heavy atom. The Bertz CT molecular complexity index is 731. The molecule has 0 saturated heterocycles. The molecule has 2 aromatic rings. The number of nitrogens with zero attached hydrogens (tertiary/aromatic N) is 2. The summed E-state index contributed by atoms with van der Waals surface area (Å²) in [6, 6.07) is 12.3. The summed E-state index contributed by atoms with van der Waals surface area (Å²) in [5.41, 5.74) is 13.2. The average molecular weight is 333 g/mol. The van der Waals surface area contributed by atoms with Crippen LogP contribution in [-0.2, 0) is 4.79 Å². The third-order valence-corrected chi connectivity index (χ3v) is 3.76. The normalized spacial score (nSPS) is 12.7. The van der Waals surface area contributed by atoms with E-state index in [4.69, 9.17) is 23.1 Å². The first-order valence-corrected chi connectivity index (χ1v) is 7.19. The molecule has 0 aliphatic heterocycles. The Morgan fingerprint density at radius 3 is 2.39 bits per heavy atom. The lowest BCUT2D eigenvalue weighted by Crippen LogP contribution is -2.47. The molecule has 2 aromatic carbocycles. The van der Waals surface area contributed by atoms with E-state index < -0.39 is 11.9 Å². The number of oxime groups is 1. The maximum Gasteiger partial charge on any atom is 0.250 e. The molecule has 0 aliphatic carbocycles. The number of anilines is 2. The van der Waals surface area contributed by atoms with Gasteiger partial charge in [0.05, 0.1) is 0 Å². The molecule has 6 nitrogen and oxygen atoms in total. The number of nitrogen functional groups attached to an aromatic ring is 1. The molecule has 7 heteroatoms. The number of carbonyl (C=O) groups excluding carboxylic acids is 1. The lowest BCUT2D eigenvalue weighted by atomic mass is 10.0. The summed E-state index contributed by atoms with van der Waals surface area (Å²) in [6.45, 7) is 0. The van der Waals surface area contributed by atoms with Gasteiger partial charge in [0.15, 0.2) is 0 Å². The van der Waals surface area contributed by atoms with Crippen LogP contribution in [0.5, 0.6) is 0 Å². The zero-order valence-corrected chi connectivity index (χ0v) is 13.2. The molecule has 0 radical (unpaired) electrons. The fraction of sp³-hybridized carbons (Fsp3) is 0.125. The lowest BCUT2D eigenvalue weighted by molar-refractivity contribution is -0.118. The minimum absolute atomic E-state index is 0.00268. The largest absolute Gasteiger partial charge is 0.411 e. The molecule has 0 aliphatic rings. The first-order chi connectivity index (χ1) is 11.0. The Balaban J connectivity index is 2.27. The molecule has 120 valence electrons. The summed E-state index contributed by atoms with van der Waals surface area (Å²) >= 11 is 6.07. The highest BCUT2D eigenvalue weighted by Gasteiger charge is 2.27. The fourth-order valence-electron chi connectivity index (χ4n) is 2.10. The number of likely N-dealkylation sites (N-methyl/N-ethyl adjacent to an activating group) is 1. The van der Waals surface area contributed by atoms with Gasteiger partial charge < -0.3 is 21.6 Å². The standard InChI is InChI=1S/C16H17ClN4O2/c1-21(11-8-6-10(18)7-9-11)16(22)14(19)15(20-23)12-4-2-3-5-13(12)17/h2-9,14,23H,18-19H2,1H3/b20-15+. The van der Waals surface area contributed by atoms with Gasteiger partial charge in [0.1, 0.15) is 11.8 Å².